The molecule has 1 aromatic rings. The molecular formula is C11H17F3N4. The first kappa shape index (κ1) is 14.5. The fourth-order valence-electron chi connectivity index (χ4n) is 1.63. The van der Waals surface area contributed by atoms with Gasteiger partial charge in [-0.3, -0.25) is 0 Å². The van der Waals surface area contributed by atoms with Gasteiger partial charge in [-0.25, -0.2) is 4.98 Å². The van der Waals surface area contributed by atoms with E-state index in [9.17, 15) is 13.2 Å². The Morgan fingerprint density at radius 3 is 2.44 bits per heavy atom. The summed E-state index contributed by atoms with van der Waals surface area (Å²) in [4.78, 5) is 7.04. The number of aromatic nitrogens is 2. The molecule has 0 aliphatic carbocycles. The van der Waals surface area contributed by atoms with Crippen molar-refractivity contribution in [2.45, 2.75) is 39.4 Å². The fraction of sp³-hybridized carbons (Fsp3) is 0.636. The number of nitrogen functional groups attached to an aromatic ring is 1. The SMILES string of the molecule is CCC(Nc1nc(N)ncc1C(F)(F)F)C(C)C. The van der Waals surface area contributed by atoms with Crippen molar-refractivity contribution in [3.8, 4) is 0 Å². The minimum absolute atomic E-state index is 0.0969. The van der Waals surface area contributed by atoms with Gasteiger partial charge in [-0.05, 0) is 12.3 Å². The number of alkyl halides is 3. The molecule has 1 unspecified atom stereocenters. The van der Waals surface area contributed by atoms with Crippen LogP contribution in [-0.2, 0) is 6.18 Å². The van der Waals surface area contributed by atoms with Crippen molar-refractivity contribution in [2.24, 2.45) is 5.92 Å². The Kier molecular flexibility index (Phi) is 4.37. The summed E-state index contributed by atoms with van der Waals surface area (Å²) < 4.78 is 38.3. The second-order valence-electron chi connectivity index (χ2n) is 4.39. The second-order valence-corrected chi connectivity index (χ2v) is 4.39. The first-order valence-corrected chi connectivity index (χ1v) is 5.72. The highest BCUT2D eigenvalue weighted by atomic mass is 19.4. The summed E-state index contributed by atoms with van der Waals surface area (Å²) in [6, 6.07) is -0.0969. The van der Waals surface area contributed by atoms with Gasteiger partial charge in [0.15, 0.2) is 0 Å². The van der Waals surface area contributed by atoms with E-state index in [2.05, 4.69) is 15.3 Å². The Morgan fingerprint density at radius 2 is 2.00 bits per heavy atom. The molecule has 0 bridgehead atoms. The van der Waals surface area contributed by atoms with Crippen LogP contribution in [-0.4, -0.2) is 16.0 Å². The summed E-state index contributed by atoms with van der Waals surface area (Å²) >= 11 is 0. The third kappa shape index (κ3) is 3.48. The Labute approximate surface area is 104 Å². The van der Waals surface area contributed by atoms with E-state index in [4.69, 9.17) is 5.73 Å². The largest absolute Gasteiger partial charge is 0.421 e. The summed E-state index contributed by atoms with van der Waals surface area (Å²) in [5, 5.41) is 2.79. The van der Waals surface area contributed by atoms with Crippen LogP contribution >= 0.6 is 0 Å². The number of anilines is 2. The number of hydrogen-bond donors (Lipinski definition) is 2. The van der Waals surface area contributed by atoms with Gasteiger partial charge in [0.2, 0.25) is 5.95 Å². The Bertz CT molecular complexity index is 404. The zero-order valence-corrected chi connectivity index (χ0v) is 10.5. The molecule has 3 N–H and O–H groups in total. The first-order chi connectivity index (χ1) is 8.25. The molecule has 0 amide bonds. The van der Waals surface area contributed by atoms with Crippen LogP contribution in [0.1, 0.15) is 32.8 Å². The predicted molar refractivity (Wildman–Crippen MR) is 64.0 cm³/mol. The first-order valence-electron chi connectivity index (χ1n) is 5.72. The Hall–Kier alpha value is -1.53. The van der Waals surface area contributed by atoms with E-state index in [0.29, 0.717) is 12.6 Å². The van der Waals surface area contributed by atoms with E-state index in [1.807, 2.05) is 20.8 Å². The maximum Gasteiger partial charge on any atom is 0.421 e. The molecule has 0 aliphatic heterocycles. The van der Waals surface area contributed by atoms with Crippen molar-refractivity contribution in [3.05, 3.63) is 11.8 Å². The van der Waals surface area contributed by atoms with E-state index in [-0.39, 0.29) is 23.7 Å². The van der Waals surface area contributed by atoms with Gasteiger partial charge in [0.05, 0.1) is 0 Å². The number of rotatable bonds is 4. The van der Waals surface area contributed by atoms with Crippen LogP contribution in [0.15, 0.2) is 6.20 Å². The van der Waals surface area contributed by atoms with Crippen molar-refractivity contribution in [1.29, 1.82) is 0 Å². The van der Waals surface area contributed by atoms with Gasteiger partial charge in [0.25, 0.3) is 0 Å². The van der Waals surface area contributed by atoms with Gasteiger partial charge in [-0.15, -0.1) is 0 Å². The molecule has 1 heterocycles. The molecular weight excluding hydrogens is 245 g/mol. The Morgan fingerprint density at radius 1 is 1.39 bits per heavy atom. The summed E-state index contributed by atoms with van der Waals surface area (Å²) in [6.45, 7) is 5.76. The molecule has 1 rings (SSSR count). The van der Waals surface area contributed by atoms with Gasteiger partial charge < -0.3 is 11.1 Å². The minimum atomic E-state index is -4.49. The summed E-state index contributed by atoms with van der Waals surface area (Å²) in [5.41, 5.74) is 4.44. The maximum absolute atomic E-state index is 12.8. The van der Waals surface area contributed by atoms with Crippen LogP contribution in [0.3, 0.4) is 0 Å². The highest BCUT2D eigenvalue weighted by Crippen LogP contribution is 2.34. The number of hydrogen-bond acceptors (Lipinski definition) is 4. The van der Waals surface area contributed by atoms with E-state index < -0.39 is 11.7 Å². The molecule has 18 heavy (non-hydrogen) atoms. The van der Waals surface area contributed by atoms with Crippen molar-refractivity contribution in [3.63, 3.8) is 0 Å². The molecule has 4 nitrogen and oxygen atoms in total. The van der Waals surface area contributed by atoms with Gasteiger partial charge in [-0.1, -0.05) is 20.8 Å². The molecule has 0 spiro atoms. The van der Waals surface area contributed by atoms with E-state index in [0.717, 1.165) is 0 Å². The number of nitrogens with one attached hydrogen (secondary N) is 1. The normalized spacial score (nSPS) is 13.7. The van der Waals surface area contributed by atoms with E-state index in [1.54, 1.807) is 0 Å². The highest BCUT2D eigenvalue weighted by Gasteiger charge is 2.35. The van der Waals surface area contributed by atoms with Crippen LogP contribution in [0.5, 0.6) is 0 Å². The summed E-state index contributed by atoms with van der Waals surface area (Å²) in [6.07, 6.45) is -3.10. The zero-order valence-electron chi connectivity index (χ0n) is 10.5. The topological polar surface area (TPSA) is 63.8 Å². The molecule has 1 aromatic heterocycles. The molecule has 7 heteroatoms. The smallest absolute Gasteiger partial charge is 0.368 e. The number of halogens is 3. The predicted octanol–water partition coefficient (Wildman–Crippen LogP) is 2.92. The molecule has 0 saturated heterocycles. The molecule has 0 fully saturated rings. The minimum Gasteiger partial charge on any atom is -0.368 e. The van der Waals surface area contributed by atoms with Crippen molar-refractivity contribution in [1.82, 2.24) is 9.97 Å². The zero-order chi connectivity index (χ0) is 13.9. The number of nitrogens with two attached hydrogens (primary N) is 1. The van der Waals surface area contributed by atoms with E-state index >= 15 is 0 Å². The molecule has 0 radical (unpaired) electrons. The van der Waals surface area contributed by atoms with Gasteiger partial charge in [0, 0.05) is 12.2 Å². The monoisotopic (exact) mass is 262 g/mol. The number of nitrogens with zero attached hydrogens (tertiary/aromatic N) is 2. The lowest BCUT2D eigenvalue weighted by atomic mass is 10.0. The molecule has 0 saturated carbocycles. The van der Waals surface area contributed by atoms with E-state index in [1.165, 1.54) is 0 Å². The second kappa shape index (κ2) is 5.41. The van der Waals surface area contributed by atoms with Crippen LogP contribution < -0.4 is 11.1 Å². The summed E-state index contributed by atoms with van der Waals surface area (Å²) in [7, 11) is 0. The van der Waals surface area contributed by atoms with Gasteiger partial charge >= 0.3 is 6.18 Å². The molecule has 0 aliphatic rings. The quantitative estimate of drug-likeness (QED) is 0.875. The van der Waals surface area contributed by atoms with Crippen LogP contribution in [0.25, 0.3) is 0 Å². The van der Waals surface area contributed by atoms with Crippen LogP contribution in [0.4, 0.5) is 24.9 Å². The van der Waals surface area contributed by atoms with Crippen LogP contribution in [0, 0.1) is 5.92 Å². The van der Waals surface area contributed by atoms with Crippen molar-refractivity contribution in [2.75, 3.05) is 11.1 Å². The summed E-state index contributed by atoms with van der Waals surface area (Å²) in [5.74, 6) is -0.244. The lowest BCUT2D eigenvalue weighted by Gasteiger charge is -2.23. The van der Waals surface area contributed by atoms with Crippen molar-refractivity contribution >= 4 is 11.8 Å². The third-order valence-electron chi connectivity index (χ3n) is 2.68. The average Bonchev–Trinajstić information content (AvgIpc) is 2.23. The molecule has 102 valence electrons. The molecule has 1 atom stereocenters. The fourth-order valence-corrected chi connectivity index (χ4v) is 1.63. The molecule has 0 aromatic carbocycles. The standard InChI is InChI=1S/C11H17F3N4/c1-4-8(6(2)3)17-9-7(11(12,13)14)5-16-10(15)18-9/h5-6,8H,4H2,1-3H3,(H3,15,16,17,18). The Balaban J connectivity index is 3.10. The maximum atomic E-state index is 12.8. The lowest BCUT2D eigenvalue weighted by molar-refractivity contribution is -0.137. The lowest BCUT2D eigenvalue weighted by Crippen LogP contribution is -2.27. The highest BCUT2D eigenvalue weighted by molar-refractivity contribution is 5.48. The average molecular weight is 262 g/mol. The third-order valence-corrected chi connectivity index (χ3v) is 2.68. The van der Waals surface area contributed by atoms with Gasteiger partial charge in [0.1, 0.15) is 11.4 Å². The van der Waals surface area contributed by atoms with Crippen molar-refractivity contribution < 1.29 is 13.2 Å². The van der Waals surface area contributed by atoms with Crippen LogP contribution in [0.2, 0.25) is 0 Å². The van der Waals surface area contributed by atoms with Gasteiger partial charge in [-0.2, -0.15) is 18.2 Å².